The zero-order valence-corrected chi connectivity index (χ0v) is 25.7. The largest absolute Gasteiger partial charge is 0.478 e. The number of piperidine rings is 1. The molecule has 1 aromatic heterocycles. The highest BCUT2D eigenvalue weighted by Crippen LogP contribution is 2.40. The number of pyridine rings is 1. The molecule has 7 nitrogen and oxygen atoms in total. The Morgan fingerprint density at radius 3 is 2.62 bits per heavy atom. The van der Waals surface area contributed by atoms with E-state index >= 15 is 0 Å². The predicted molar refractivity (Wildman–Crippen MR) is 175 cm³/mol. The van der Waals surface area contributed by atoms with Crippen molar-refractivity contribution in [2.75, 3.05) is 23.3 Å². The molecule has 1 saturated heterocycles. The van der Waals surface area contributed by atoms with Gasteiger partial charge in [-0.15, -0.1) is 0 Å². The zero-order valence-electron chi connectivity index (χ0n) is 22.5. The summed E-state index contributed by atoms with van der Waals surface area (Å²) in [6.07, 6.45) is 1.02. The summed E-state index contributed by atoms with van der Waals surface area (Å²) in [6.45, 7) is 2.16. The summed E-state index contributed by atoms with van der Waals surface area (Å²) in [5, 5.41) is 14.5. The Hall–Kier alpha value is -3.53. The number of aromatic carboxylic acids is 1. The van der Waals surface area contributed by atoms with Crippen molar-refractivity contribution in [3.05, 3.63) is 122 Å². The van der Waals surface area contributed by atoms with Gasteiger partial charge in [-0.05, 0) is 72.5 Å². The highest BCUT2D eigenvalue weighted by Gasteiger charge is 2.35. The van der Waals surface area contributed by atoms with Crippen molar-refractivity contribution < 1.29 is 9.90 Å². The van der Waals surface area contributed by atoms with E-state index in [1.807, 2.05) is 71.3 Å². The van der Waals surface area contributed by atoms with E-state index in [2.05, 4.69) is 26.1 Å². The number of nitrogens with zero attached hydrogens (tertiary/aromatic N) is 3. The fraction of sp³-hybridized carbons (Fsp3) is 0.219. The lowest BCUT2D eigenvalue weighted by Gasteiger charge is -2.44. The highest BCUT2D eigenvalue weighted by atomic mass is 79.9. The second-order valence-electron chi connectivity index (χ2n) is 10.5. The predicted octanol–water partition coefficient (Wildman–Crippen LogP) is 7.62. The average molecular weight is 664 g/mol. The van der Waals surface area contributed by atoms with Crippen LogP contribution in [-0.4, -0.2) is 33.9 Å². The van der Waals surface area contributed by atoms with Gasteiger partial charge < -0.3 is 19.9 Å². The van der Waals surface area contributed by atoms with Gasteiger partial charge >= 0.3 is 5.97 Å². The molecule has 10 heteroatoms. The summed E-state index contributed by atoms with van der Waals surface area (Å²) in [5.41, 5.74) is 4.56. The minimum atomic E-state index is -1.01. The Labute approximate surface area is 261 Å². The number of hydrogen-bond donors (Lipinski definition) is 2. The number of carboxylic acids is 1. The smallest absolute Gasteiger partial charge is 0.335 e. The van der Waals surface area contributed by atoms with Gasteiger partial charge in [0.15, 0.2) is 5.17 Å². The number of aromatic nitrogens is 1. The van der Waals surface area contributed by atoms with Crippen molar-refractivity contribution in [3.8, 4) is 0 Å². The first kappa shape index (κ1) is 28.6. The Morgan fingerprint density at radius 1 is 1.02 bits per heavy atom. The van der Waals surface area contributed by atoms with Crippen molar-refractivity contribution in [1.82, 2.24) is 4.57 Å². The Balaban J connectivity index is 1.37. The Kier molecular flexibility index (Phi) is 8.42. The van der Waals surface area contributed by atoms with Crippen LogP contribution in [0.25, 0.3) is 0 Å². The van der Waals surface area contributed by atoms with Gasteiger partial charge in [-0.25, -0.2) is 9.79 Å². The molecule has 2 aliphatic heterocycles. The fourth-order valence-electron chi connectivity index (χ4n) is 5.73. The third kappa shape index (κ3) is 6.28. The summed E-state index contributed by atoms with van der Waals surface area (Å²) in [4.78, 5) is 31.9. The molecule has 2 N–H and O–H groups in total. The summed E-state index contributed by atoms with van der Waals surface area (Å²) in [6, 6.07) is 26.1. The van der Waals surface area contributed by atoms with Crippen LogP contribution in [0.5, 0.6) is 0 Å². The van der Waals surface area contributed by atoms with Crippen molar-refractivity contribution in [2.45, 2.75) is 24.6 Å². The van der Waals surface area contributed by atoms with E-state index in [9.17, 15) is 14.7 Å². The molecular formula is C32H28BrClN4O3S. The number of fused-ring (bicyclic) bond motifs is 4. The molecule has 0 amide bonds. The van der Waals surface area contributed by atoms with Crippen LogP contribution in [0.2, 0.25) is 5.02 Å². The van der Waals surface area contributed by atoms with Crippen LogP contribution < -0.4 is 15.8 Å². The fourth-order valence-corrected chi connectivity index (χ4v) is 7.17. The molecule has 0 saturated carbocycles. The molecule has 0 unspecified atom stereocenters. The molecule has 0 spiro atoms. The van der Waals surface area contributed by atoms with Gasteiger partial charge in [-0.2, -0.15) is 0 Å². The summed E-state index contributed by atoms with van der Waals surface area (Å²) < 4.78 is 2.88. The third-order valence-electron chi connectivity index (χ3n) is 7.68. The van der Waals surface area contributed by atoms with Crippen LogP contribution in [0.15, 0.2) is 99.2 Å². The highest BCUT2D eigenvalue weighted by molar-refractivity contribution is 9.10. The second kappa shape index (κ2) is 12.4. The van der Waals surface area contributed by atoms with Gasteiger partial charge in [-0.3, -0.25) is 4.79 Å². The molecule has 0 radical (unpaired) electrons. The molecule has 2 bridgehead atoms. The van der Waals surface area contributed by atoms with Gasteiger partial charge in [0, 0.05) is 58.2 Å². The van der Waals surface area contributed by atoms with Crippen molar-refractivity contribution in [3.63, 3.8) is 0 Å². The van der Waals surface area contributed by atoms with Crippen LogP contribution in [0, 0.1) is 5.92 Å². The molecule has 214 valence electrons. The molecule has 2 aliphatic rings. The topological polar surface area (TPSA) is 86.9 Å². The summed E-state index contributed by atoms with van der Waals surface area (Å²) in [5.74, 6) is 0.0858. The maximum absolute atomic E-state index is 12.5. The van der Waals surface area contributed by atoms with Gasteiger partial charge in [0.1, 0.15) is 0 Å². The first-order valence-electron chi connectivity index (χ1n) is 13.6. The molecule has 42 heavy (non-hydrogen) atoms. The number of nitrogens with one attached hydrogen (secondary N) is 1. The minimum absolute atomic E-state index is 0.0472. The quantitative estimate of drug-likeness (QED) is 0.163. The molecule has 4 aromatic rings. The molecule has 3 heterocycles. The SMILES string of the molecule is O=C(O)c1ccc(N2C[C@H]3C[C@@H](C2)c2cccc(=O)n2C3)c(N=C(Nc2ccc(Br)cc2)SCc2ccccc2Cl)c1. The number of carbonyl (C=O) groups is 1. The first-order valence-corrected chi connectivity index (χ1v) is 15.8. The van der Waals surface area contributed by atoms with Crippen LogP contribution in [0.3, 0.4) is 0 Å². The van der Waals surface area contributed by atoms with E-state index < -0.39 is 5.97 Å². The lowest BCUT2D eigenvalue weighted by atomic mass is 9.83. The number of benzene rings is 3. The summed E-state index contributed by atoms with van der Waals surface area (Å²) >= 11 is 11.4. The van der Waals surface area contributed by atoms with Gasteiger partial charge in [0.25, 0.3) is 5.56 Å². The van der Waals surface area contributed by atoms with Crippen LogP contribution in [0.1, 0.15) is 34.0 Å². The number of anilines is 2. The van der Waals surface area contributed by atoms with E-state index in [0.29, 0.717) is 34.1 Å². The monoisotopic (exact) mass is 662 g/mol. The normalized spacial score (nSPS) is 18.0. The first-order chi connectivity index (χ1) is 20.3. The van der Waals surface area contributed by atoms with Crippen LogP contribution in [0.4, 0.5) is 17.1 Å². The number of hydrogen-bond acceptors (Lipinski definition) is 5. The van der Waals surface area contributed by atoms with E-state index in [-0.39, 0.29) is 17.0 Å². The number of aliphatic imine (C=N–C) groups is 1. The summed E-state index contributed by atoms with van der Waals surface area (Å²) in [7, 11) is 0. The lowest BCUT2D eigenvalue weighted by molar-refractivity contribution is 0.0697. The van der Waals surface area contributed by atoms with Crippen LogP contribution in [-0.2, 0) is 12.3 Å². The van der Waals surface area contributed by atoms with Crippen molar-refractivity contribution in [2.24, 2.45) is 10.9 Å². The molecule has 3 aromatic carbocycles. The zero-order chi connectivity index (χ0) is 29.2. The number of amidine groups is 1. The van der Waals surface area contributed by atoms with E-state index in [1.54, 1.807) is 18.2 Å². The van der Waals surface area contributed by atoms with Gasteiger partial charge in [0.2, 0.25) is 0 Å². The maximum atomic E-state index is 12.5. The average Bonchev–Trinajstić information content (AvgIpc) is 2.98. The second-order valence-corrected chi connectivity index (χ2v) is 12.8. The molecule has 1 fully saturated rings. The maximum Gasteiger partial charge on any atom is 0.335 e. The van der Waals surface area contributed by atoms with E-state index in [0.717, 1.165) is 46.6 Å². The number of carboxylic acid groups (broad SMARTS) is 1. The molecule has 2 atom stereocenters. The van der Waals surface area contributed by atoms with E-state index in [1.165, 1.54) is 11.8 Å². The Bertz CT molecular complexity index is 1730. The van der Waals surface area contributed by atoms with Crippen LogP contribution >= 0.6 is 39.3 Å². The number of halogens is 2. The third-order valence-corrected chi connectivity index (χ3v) is 9.50. The van der Waals surface area contributed by atoms with Gasteiger partial charge in [-0.1, -0.05) is 63.6 Å². The molecule has 0 aliphatic carbocycles. The number of rotatable bonds is 6. The number of thioether (sulfide) groups is 1. The van der Waals surface area contributed by atoms with Gasteiger partial charge in [0.05, 0.1) is 16.9 Å². The lowest BCUT2D eigenvalue weighted by Crippen LogP contribution is -2.47. The molecule has 6 rings (SSSR count). The standard InChI is InChI=1S/C32H28BrClN4O3S/c33-24-9-11-25(12-10-24)35-32(42-19-22-4-1-2-5-26(22)34)36-27-15-21(31(40)41)8-13-29(27)37-16-20-14-23(18-37)28-6-3-7-30(39)38(28)17-20/h1-13,15,20,23H,14,16-19H2,(H,35,36)(H,40,41)/t20-,23+/m1/s1. The van der Waals surface area contributed by atoms with Crippen molar-refractivity contribution in [1.29, 1.82) is 0 Å². The van der Waals surface area contributed by atoms with Crippen molar-refractivity contribution >= 4 is 67.5 Å². The minimum Gasteiger partial charge on any atom is -0.478 e. The van der Waals surface area contributed by atoms with E-state index in [4.69, 9.17) is 16.6 Å². The molecular weight excluding hydrogens is 636 g/mol. The Morgan fingerprint density at radius 2 is 1.83 bits per heavy atom.